The van der Waals surface area contributed by atoms with Crippen LogP contribution in [0.25, 0.3) is 0 Å². The van der Waals surface area contributed by atoms with E-state index in [9.17, 15) is 4.79 Å². The van der Waals surface area contributed by atoms with Crippen LogP contribution in [-0.4, -0.2) is 42.6 Å². The lowest BCUT2D eigenvalue weighted by molar-refractivity contribution is -0.138. The minimum absolute atomic E-state index is 0.0497. The molecule has 2 N–H and O–H groups in total. The van der Waals surface area contributed by atoms with Crippen LogP contribution in [0.2, 0.25) is 0 Å². The van der Waals surface area contributed by atoms with Crippen molar-refractivity contribution < 1.29 is 9.53 Å². The topological polar surface area (TPSA) is 55.6 Å². The van der Waals surface area contributed by atoms with Crippen molar-refractivity contribution in [1.29, 1.82) is 0 Å². The van der Waals surface area contributed by atoms with Crippen LogP contribution in [0.15, 0.2) is 18.2 Å². The van der Waals surface area contributed by atoms with E-state index in [1.165, 1.54) is 11.1 Å². The van der Waals surface area contributed by atoms with E-state index in [4.69, 9.17) is 10.5 Å². The Labute approximate surface area is 120 Å². The maximum Gasteiger partial charge on any atom is 0.227 e. The number of amides is 1. The Morgan fingerprint density at radius 2 is 2.25 bits per heavy atom. The van der Waals surface area contributed by atoms with Crippen LogP contribution < -0.4 is 5.73 Å². The number of rotatable bonds is 3. The molecule has 0 radical (unpaired) electrons. The summed E-state index contributed by atoms with van der Waals surface area (Å²) in [5.41, 5.74) is 9.33. The van der Waals surface area contributed by atoms with Crippen LogP contribution in [-0.2, 0) is 16.0 Å². The molecule has 2 atom stereocenters. The number of hydrogen-bond donors (Lipinski definition) is 1. The summed E-state index contributed by atoms with van der Waals surface area (Å²) in [4.78, 5) is 14.3. The van der Waals surface area contributed by atoms with Gasteiger partial charge in [-0.05, 0) is 31.9 Å². The van der Waals surface area contributed by atoms with Crippen LogP contribution in [0, 0.1) is 13.8 Å². The molecule has 1 aliphatic heterocycles. The molecule has 1 aromatic carbocycles. The summed E-state index contributed by atoms with van der Waals surface area (Å²) in [5, 5.41) is 0. The minimum Gasteiger partial charge on any atom is -0.373 e. The zero-order chi connectivity index (χ0) is 14.7. The lowest BCUT2D eigenvalue weighted by atomic mass is 10.0. The third-order valence-corrected chi connectivity index (χ3v) is 3.88. The van der Waals surface area contributed by atoms with E-state index in [-0.39, 0.29) is 18.1 Å². The summed E-state index contributed by atoms with van der Waals surface area (Å²) in [6, 6.07) is 6.19. The number of hydrogen-bond acceptors (Lipinski definition) is 3. The predicted molar refractivity (Wildman–Crippen MR) is 79.6 cm³/mol. The van der Waals surface area contributed by atoms with E-state index in [0.717, 1.165) is 5.56 Å². The molecule has 4 nitrogen and oxygen atoms in total. The van der Waals surface area contributed by atoms with Crippen molar-refractivity contribution in [2.45, 2.75) is 39.3 Å². The number of ether oxygens (including phenoxy) is 1. The van der Waals surface area contributed by atoms with Gasteiger partial charge in [-0.1, -0.05) is 23.8 Å². The van der Waals surface area contributed by atoms with E-state index in [2.05, 4.69) is 18.2 Å². The largest absolute Gasteiger partial charge is 0.373 e. The third kappa shape index (κ3) is 3.58. The Morgan fingerprint density at radius 1 is 1.50 bits per heavy atom. The highest BCUT2D eigenvalue weighted by Crippen LogP contribution is 2.14. The quantitative estimate of drug-likeness (QED) is 0.908. The van der Waals surface area contributed by atoms with Crippen molar-refractivity contribution in [2.24, 2.45) is 5.73 Å². The van der Waals surface area contributed by atoms with Gasteiger partial charge in [0, 0.05) is 19.1 Å². The second-order valence-corrected chi connectivity index (χ2v) is 5.71. The third-order valence-electron chi connectivity index (χ3n) is 3.88. The Hall–Kier alpha value is -1.39. The first-order valence-corrected chi connectivity index (χ1v) is 7.18. The Kier molecular flexibility index (Phi) is 4.78. The summed E-state index contributed by atoms with van der Waals surface area (Å²) >= 11 is 0. The number of benzene rings is 1. The fourth-order valence-corrected chi connectivity index (χ4v) is 2.49. The molecule has 2 rings (SSSR count). The number of nitrogens with zero attached hydrogens (tertiary/aromatic N) is 1. The van der Waals surface area contributed by atoms with Gasteiger partial charge in [0.2, 0.25) is 5.91 Å². The van der Waals surface area contributed by atoms with E-state index in [0.29, 0.717) is 26.1 Å². The summed E-state index contributed by atoms with van der Waals surface area (Å²) in [6.07, 6.45) is 0.408. The average molecular weight is 276 g/mol. The van der Waals surface area contributed by atoms with Gasteiger partial charge in [0.15, 0.2) is 0 Å². The summed E-state index contributed by atoms with van der Waals surface area (Å²) in [7, 11) is 0. The van der Waals surface area contributed by atoms with Gasteiger partial charge in [-0.15, -0.1) is 0 Å². The Balaban J connectivity index is 2.02. The van der Waals surface area contributed by atoms with Crippen molar-refractivity contribution in [2.75, 3.05) is 19.7 Å². The van der Waals surface area contributed by atoms with Gasteiger partial charge < -0.3 is 15.4 Å². The first-order valence-electron chi connectivity index (χ1n) is 7.18. The maximum atomic E-state index is 12.4. The van der Waals surface area contributed by atoms with Crippen molar-refractivity contribution in [1.82, 2.24) is 4.90 Å². The van der Waals surface area contributed by atoms with Gasteiger partial charge in [-0.2, -0.15) is 0 Å². The number of nitrogens with two attached hydrogens (primary N) is 1. The molecule has 1 amide bonds. The van der Waals surface area contributed by atoms with E-state index in [1.807, 2.05) is 25.7 Å². The van der Waals surface area contributed by atoms with Crippen molar-refractivity contribution >= 4 is 5.91 Å². The van der Waals surface area contributed by atoms with Gasteiger partial charge in [0.25, 0.3) is 0 Å². The van der Waals surface area contributed by atoms with Crippen LogP contribution in [0.1, 0.15) is 23.6 Å². The summed E-state index contributed by atoms with van der Waals surface area (Å²) < 4.78 is 5.59. The number of morpholine rings is 1. The maximum absolute atomic E-state index is 12.4. The number of carbonyl (C=O) groups excluding carboxylic acids is 1. The summed E-state index contributed by atoms with van der Waals surface area (Å²) in [5.74, 6) is 0.160. The molecule has 1 aliphatic rings. The lowest BCUT2D eigenvalue weighted by Gasteiger charge is -2.35. The van der Waals surface area contributed by atoms with Crippen LogP contribution in [0.5, 0.6) is 0 Å². The molecular weight excluding hydrogens is 252 g/mol. The normalized spacial score (nSPS) is 20.8. The highest BCUT2D eigenvalue weighted by Gasteiger charge is 2.26. The van der Waals surface area contributed by atoms with Crippen molar-refractivity contribution in [3.05, 3.63) is 34.9 Å². The van der Waals surface area contributed by atoms with Crippen molar-refractivity contribution in [3.8, 4) is 0 Å². The van der Waals surface area contributed by atoms with E-state index >= 15 is 0 Å². The average Bonchev–Trinajstić information content (AvgIpc) is 2.43. The predicted octanol–water partition coefficient (Wildman–Crippen LogP) is 1.42. The molecule has 4 heteroatoms. The molecule has 0 unspecified atom stereocenters. The molecule has 0 aromatic heterocycles. The molecule has 1 heterocycles. The SMILES string of the molecule is Cc1ccc(C)c(CC(=O)N2CCO[C@@H]([C@@H](C)N)C2)c1. The fourth-order valence-electron chi connectivity index (χ4n) is 2.49. The van der Waals surface area contributed by atoms with E-state index < -0.39 is 0 Å². The molecule has 1 saturated heterocycles. The summed E-state index contributed by atoms with van der Waals surface area (Å²) in [6.45, 7) is 7.85. The fraction of sp³-hybridized carbons (Fsp3) is 0.562. The molecule has 0 spiro atoms. The molecule has 110 valence electrons. The molecule has 0 aliphatic carbocycles. The smallest absolute Gasteiger partial charge is 0.227 e. The first-order chi connectivity index (χ1) is 9.47. The molecule has 0 saturated carbocycles. The van der Waals surface area contributed by atoms with Gasteiger partial charge in [0.1, 0.15) is 0 Å². The molecular formula is C16H24N2O2. The van der Waals surface area contributed by atoms with Gasteiger partial charge in [-0.25, -0.2) is 0 Å². The standard InChI is InChI=1S/C16H24N2O2/c1-11-4-5-12(2)14(8-11)9-16(19)18-6-7-20-15(10-18)13(3)17/h4-5,8,13,15H,6-7,9-10,17H2,1-3H3/t13-,15-/m1/s1. The van der Waals surface area contributed by atoms with E-state index in [1.54, 1.807) is 0 Å². The zero-order valence-electron chi connectivity index (χ0n) is 12.6. The monoisotopic (exact) mass is 276 g/mol. The Morgan fingerprint density at radius 3 is 2.95 bits per heavy atom. The number of carbonyl (C=O) groups is 1. The van der Waals surface area contributed by atoms with Crippen LogP contribution in [0.4, 0.5) is 0 Å². The Bertz CT molecular complexity index is 485. The zero-order valence-corrected chi connectivity index (χ0v) is 12.6. The van der Waals surface area contributed by atoms with Crippen molar-refractivity contribution in [3.63, 3.8) is 0 Å². The molecule has 0 bridgehead atoms. The van der Waals surface area contributed by atoms with Crippen LogP contribution >= 0.6 is 0 Å². The highest BCUT2D eigenvalue weighted by atomic mass is 16.5. The molecule has 1 fully saturated rings. The lowest BCUT2D eigenvalue weighted by Crippen LogP contribution is -2.51. The first kappa shape index (κ1) is 15.0. The molecule has 1 aromatic rings. The second kappa shape index (κ2) is 6.37. The van der Waals surface area contributed by atoms with Gasteiger partial charge in [-0.3, -0.25) is 4.79 Å². The van der Waals surface area contributed by atoms with Gasteiger partial charge in [0.05, 0.1) is 19.1 Å². The second-order valence-electron chi connectivity index (χ2n) is 5.71. The van der Waals surface area contributed by atoms with Gasteiger partial charge >= 0.3 is 0 Å². The minimum atomic E-state index is -0.0497. The highest BCUT2D eigenvalue weighted by molar-refractivity contribution is 5.79. The molecule has 20 heavy (non-hydrogen) atoms. The van der Waals surface area contributed by atoms with Crippen LogP contribution in [0.3, 0.4) is 0 Å². The number of aryl methyl sites for hydroxylation is 2.